The van der Waals surface area contributed by atoms with Crippen molar-refractivity contribution in [2.75, 3.05) is 21.3 Å². The van der Waals surface area contributed by atoms with Gasteiger partial charge in [0, 0.05) is 6.42 Å². The number of rotatable bonds is 5. The van der Waals surface area contributed by atoms with E-state index >= 15 is 0 Å². The second-order valence-electron chi connectivity index (χ2n) is 4.14. The van der Waals surface area contributed by atoms with Crippen LogP contribution in [0.3, 0.4) is 0 Å². The fraction of sp³-hybridized carbons (Fsp3) is 0.286. The number of nitrogens with zero attached hydrogens (tertiary/aromatic N) is 2. The molecule has 0 atom stereocenters. The van der Waals surface area contributed by atoms with E-state index in [0.717, 1.165) is 5.56 Å². The van der Waals surface area contributed by atoms with Crippen LogP contribution in [-0.4, -0.2) is 31.3 Å². The Morgan fingerprint density at radius 2 is 1.62 bits per heavy atom. The van der Waals surface area contributed by atoms with E-state index in [9.17, 15) is 0 Å². The van der Waals surface area contributed by atoms with Gasteiger partial charge in [0.25, 0.3) is 0 Å². The van der Waals surface area contributed by atoms with Crippen LogP contribution in [0.1, 0.15) is 11.3 Å². The van der Waals surface area contributed by atoms with Gasteiger partial charge in [-0.3, -0.25) is 0 Å². The quantitative estimate of drug-likeness (QED) is 0.787. The van der Waals surface area contributed by atoms with E-state index in [4.69, 9.17) is 37.4 Å². The summed E-state index contributed by atoms with van der Waals surface area (Å²) in [5.74, 6) is 1.68. The molecule has 0 fully saturated rings. The third-order valence-corrected chi connectivity index (χ3v) is 3.38. The highest BCUT2D eigenvalue weighted by molar-refractivity contribution is 6.31. The van der Waals surface area contributed by atoms with Gasteiger partial charge in [0.1, 0.15) is 0 Å². The summed E-state index contributed by atoms with van der Waals surface area (Å²) in [4.78, 5) is 7.96. The molecule has 0 saturated carbocycles. The molecule has 0 unspecified atom stereocenters. The zero-order chi connectivity index (χ0) is 15.4. The van der Waals surface area contributed by atoms with Gasteiger partial charge in [0.2, 0.25) is 11.0 Å². The minimum atomic E-state index is 0.154. The van der Waals surface area contributed by atoms with Crippen molar-refractivity contribution < 1.29 is 14.2 Å². The van der Waals surface area contributed by atoms with Gasteiger partial charge in [-0.05, 0) is 29.3 Å². The zero-order valence-corrected chi connectivity index (χ0v) is 13.3. The summed E-state index contributed by atoms with van der Waals surface area (Å²) in [6, 6.07) is 3.68. The van der Waals surface area contributed by atoms with Crippen LogP contribution in [0.2, 0.25) is 10.3 Å². The molecular weight excluding hydrogens is 315 g/mol. The van der Waals surface area contributed by atoms with Crippen LogP contribution in [0.5, 0.6) is 17.2 Å². The summed E-state index contributed by atoms with van der Waals surface area (Å²) < 4.78 is 15.9. The van der Waals surface area contributed by atoms with E-state index < -0.39 is 0 Å². The first-order valence-corrected chi connectivity index (χ1v) is 6.80. The van der Waals surface area contributed by atoms with Crippen molar-refractivity contribution in [3.05, 3.63) is 39.9 Å². The standard InChI is InChI=1S/C14H14Cl2N2O3/c1-19-11-5-8(6-12(20-2)13(11)21-3)4-10-9(15)7-17-14(16)18-10/h5-7H,4H2,1-3H3. The maximum absolute atomic E-state index is 6.08. The molecular formula is C14H14Cl2N2O3. The van der Waals surface area contributed by atoms with Gasteiger partial charge in [-0.15, -0.1) is 0 Å². The first kappa shape index (κ1) is 15.7. The summed E-state index contributed by atoms with van der Waals surface area (Å²) >= 11 is 11.9. The molecule has 0 N–H and O–H groups in total. The highest BCUT2D eigenvalue weighted by atomic mass is 35.5. The van der Waals surface area contributed by atoms with Crippen molar-refractivity contribution in [2.45, 2.75) is 6.42 Å². The number of benzene rings is 1. The fourth-order valence-corrected chi connectivity index (χ4v) is 2.24. The monoisotopic (exact) mass is 328 g/mol. The molecule has 0 bridgehead atoms. The van der Waals surface area contributed by atoms with Crippen LogP contribution >= 0.6 is 23.2 Å². The maximum Gasteiger partial charge on any atom is 0.222 e. The highest BCUT2D eigenvalue weighted by Gasteiger charge is 2.14. The minimum absolute atomic E-state index is 0.154. The SMILES string of the molecule is COc1cc(Cc2nc(Cl)ncc2Cl)cc(OC)c1OC. The van der Waals surface area contributed by atoms with Crippen molar-refractivity contribution in [1.29, 1.82) is 0 Å². The first-order chi connectivity index (χ1) is 10.1. The Morgan fingerprint density at radius 1 is 1.00 bits per heavy atom. The van der Waals surface area contributed by atoms with Crippen LogP contribution in [0.25, 0.3) is 0 Å². The molecule has 112 valence electrons. The van der Waals surface area contributed by atoms with Gasteiger partial charge in [-0.25, -0.2) is 9.97 Å². The lowest BCUT2D eigenvalue weighted by molar-refractivity contribution is 0.324. The Hall–Kier alpha value is -1.72. The largest absolute Gasteiger partial charge is 0.493 e. The molecule has 21 heavy (non-hydrogen) atoms. The normalized spacial score (nSPS) is 10.3. The summed E-state index contributed by atoms with van der Waals surface area (Å²) in [5.41, 5.74) is 1.53. The average Bonchev–Trinajstić information content (AvgIpc) is 2.49. The van der Waals surface area contributed by atoms with Crippen molar-refractivity contribution in [2.24, 2.45) is 0 Å². The molecule has 1 aromatic carbocycles. The number of aromatic nitrogens is 2. The van der Waals surface area contributed by atoms with Crippen LogP contribution in [0, 0.1) is 0 Å². The number of hydrogen-bond acceptors (Lipinski definition) is 5. The Balaban J connectivity index is 2.42. The molecule has 5 nitrogen and oxygen atoms in total. The first-order valence-electron chi connectivity index (χ1n) is 6.04. The van der Waals surface area contributed by atoms with Gasteiger partial charge in [0.05, 0.1) is 38.2 Å². The van der Waals surface area contributed by atoms with E-state index in [1.807, 2.05) is 12.1 Å². The van der Waals surface area contributed by atoms with E-state index in [2.05, 4.69) is 9.97 Å². The fourth-order valence-electron chi connectivity index (χ4n) is 1.93. The number of halogens is 2. The molecule has 1 heterocycles. The van der Waals surface area contributed by atoms with Crippen molar-refractivity contribution >= 4 is 23.2 Å². The van der Waals surface area contributed by atoms with Crippen molar-refractivity contribution in [3.63, 3.8) is 0 Å². The lowest BCUT2D eigenvalue weighted by Gasteiger charge is -2.14. The molecule has 1 aromatic heterocycles. The zero-order valence-electron chi connectivity index (χ0n) is 11.8. The predicted molar refractivity (Wildman–Crippen MR) is 81.0 cm³/mol. The Bertz CT molecular complexity index is 625. The molecule has 0 aliphatic heterocycles. The third kappa shape index (κ3) is 3.49. The molecule has 2 aromatic rings. The van der Waals surface area contributed by atoms with E-state index in [1.165, 1.54) is 6.20 Å². The topological polar surface area (TPSA) is 53.5 Å². The van der Waals surface area contributed by atoms with Gasteiger partial charge < -0.3 is 14.2 Å². The molecule has 0 amide bonds. The smallest absolute Gasteiger partial charge is 0.222 e. The van der Waals surface area contributed by atoms with E-state index in [-0.39, 0.29) is 5.28 Å². The van der Waals surface area contributed by atoms with Gasteiger partial charge in [-0.2, -0.15) is 0 Å². The number of methoxy groups -OCH3 is 3. The molecule has 2 rings (SSSR count). The van der Waals surface area contributed by atoms with Gasteiger partial charge >= 0.3 is 0 Å². The summed E-state index contributed by atoms with van der Waals surface area (Å²) in [6.45, 7) is 0. The van der Waals surface area contributed by atoms with Crippen molar-refractivity contribution in [3.8, 4) is 17.2 Å². The second kappa shape index (κ2) is 6.83. The van der Waals surface area contributed by atoms with Crippen LogP contribution in [0.15, 0.2) is 18.3 Å². The van der Waals surface area contributed by atoms with Crippen LogP contribution in [0.4, 0.5) is 0 Å². The summed E-state index contributed by atoms with van der Waals surface area (Å²) in [6.07, 6.45) is 1.95. The average molecular weight is 329 g/mol. The Labute approximate surface area is 132 Å². The maximum atomic E-state index is 6.08. The summed E-state index contributed by atoms with van der Waals surface area (Å²) in [5, 5.41) is 0.606. The molecule has 0 spiro atoms. The molecule has 0 aliphatic rings. The minimum Gasteiger partial charge on any atom is -0.493 e. The molecule has 0 radical (unpaired) electrons. The Kier molecular flexibility index (Phi) is 5.09. The lowest BCUT2D eigenvalue weighted by Crippen LogP contribution is -2.00. The Morgan fingerprint density at radius 3 is 2.14 bits per heavy atom. The lowest BCUT2D eigenvalue weighted by atomic mass is 10.1. The second-order valence-corrected chi connectivity index (χ2v) is 4.89. The highest BCUT2D eigenvalue weighted by Crippen LogP contribution is 2.38. The number of hydrogen-bond donors (Lipinski definition) is 0. The van der Waals surface area contributed by atoms with Gasteiger partial charge in [-0.1, -0.05) is 11.6 Å². The van der Waals surface area contributed by atoms with Crippen LogP contribution in [-0.2, 0) is 6.42 Å². The molecule has 7 heteroatoms. The number of ether oxygens (including phenoxy) is 3. The van der Waals surface area contributed by atoms with Crippen LogP contribution < -0.4 is 14.2 Å². The van der Waals surface area contributed by atoms with E-state index in [0.29, 0.717) is 34.4 Å². The molecule has 0 aliphatic carbocycles. The third-order valence-electron chi connectivity index (χ3n) is 2.88. The molecule has 0 saturated heterocycles. The van der Waals surface area contributed by atoms with Crippen molar-refractivity contribution in [1.82, 2.24) is 9.97 Å². The van der Waals surface area contributed by atoms with Gasteiger partial charge in [0.15, 0.2) is 11.5 Å². The van der Waals surface area contributed by atoms with E-state index in [1.54, 1.807) is 21.3 Å². The summed E-state index contributed by atoms with van der Waals surface area (Å²) in [7, 11) is 4.69. The predicted octanol–water partition coefficient (Wildman–Crippen LogP) is 3.40.